The summed E-state index contributed by atoms with van der Waals surface area (Å²) in [7, 11) is 1.42. The van der Waals surface area contributed by atoms with Gasteiger partial charge in [0.25, 0.3) is 0 Å². The van der Waals surface area contributed by atoms with Gasteiger partial charge in [-0.2, -0.15) is 0 Å². The maximum Gasteiger partial charge on any atom is 0.305 e. The Morgan fingerprint density at radius 3 is 2.16 bits per heavy atom. The number of ether oxygens (including phenoxy) is 2. The summed E-state index contributed by atoms with van der Waals surface area (Å²) >= 11 is 0. The maximum atomic E-state index is 10.9. The zero-order valence-corrected chi connectivity index (χ0v) is 15.6. The minimum atomic E-state index is -0.389. The molecule has 0 N–H and O–H groups in total. The molecule has 0 aromatic carbocycles. The summed E-state index contributed by atoms with van der Waals surface area (Å²) in [5.74, 6) is 17.2. The highest BCUT2D eigenvalue weighted by atomic mass is 16.5. The molecular weight excluding hydrogens is 316 g/mol. The molecule has 0 fully saturated rings. The van der Waals surface area contributed by atoms with Crippen LogP contribution in [-0.2, 0) is 19.1 Å². The van der Waals surface area contributed by atoms with Gasteiger partial charge in [-0.15, -0.1) is 5.92 Å². The lowest BCUT2D eigenvalue weighted by Crippen LogP contribution is -2.09. The molecule has 0 amide bonds. The number of methoxy groups -OCH3 is 1. The summed E-state index contributed by atoms with van der Waals surface area (Å²) in [5.41, 5.74) is 0. The average Bonchev–Trinajstić information content (AvgIpc) is 2.57. The number of rotatable bonds is 8. The first kappa shape index (κ1) is 22.6. The van der Waals surface area contributed by atoms with Gasteiger partial charge < -0.3 is 9.47 Å². The van der Waals surface area contributed by atoms with Crippen LogP contribution in [0.15, 0.2) is 0 Å². The van der Waals surface area contributed by atoms with Crippen molar-refractivity contribution in [2.24, 2.45) is 0 Å². The molecule has 0 bridgehead atoms. The van der Waals surface area contributed by atoms with Gasteiger partial charge in [-0.1, -0.05) is 48.9 Å². The highest BCUT2D eigenvalue weighted by molar-refractivity contribution is 5.69. The average molecular weight is 344 g/mol. The molecule has 4 heteroatoms. The van der Waals surface area contributed by atoms with Crippen LogP contribution < -0.4 is 0 Å². The first-order valence-electron chi connectivity index (χ1n) is 8.70. The maximum absolute atomic E-state index is 10.9. The van der Waals surface area contributed by atoms with E-state index in [0.29, 0.717) is 19.3 Å². The molecule has 0 heterocycles. The van der Waals surface area contributed by atoms with Gasteiger partial charge in [-0.25, -0.2) is 0 Å². The molecule has 1 unspecified atom stereocenters. The Labute approximate surface area is 152 Å². The number of hydrogen-bond acceptors (Lipinski definition) is 4. The summed E-state index contributed by atoms with van der Waals surface area (Å²) < 4.78 is 9.47. The highest BCUT2D eigenvalue weighted by Crippen LogP contribution is 2.07. The Morgan fingerprint density at radius 2 is 1.48 bits per heavy atom. The Hall–Kier alpha value is -2.38. The van der Waals surface area contributed by atoms with Crippen molar-refractivity contribution in [1.29, 1.82) is 0 Å². The smallest absolute Gasteiger partial charge is 0.305 e. The third-order valence-corrected chi connectivity index (χ3v) is 3.16. The van der Waals surface area contributed by atoms with Gasteiger partial charge in [-0.3, -0.25) is 9.59 Å². The second kappa shape index (κ2) is 16.5. The minimum Gasteiger partial charge on any atom is -0.469 e. The van der Waals surface area contributed by atoms with Crippen LogP contribution in [0.5, 0.6) is 0 Å². The van der Waals surface area contributed by atoms with E-state index in [1.807, 2.05) is 0 Å². The van der Waals surface area contributed by atoms with Gasteiger partial charge in [0.2, 0.25) is 0 Å². The molecule has 0 saturated carbocycles. The Morgan fingerprint density at radius 1 is 0.880 bits per heavy atom. The van der Waals surface area contributed by atoms with E-state index in [2.05, 4.69) is 40.3 Å². The molecule has 0 rings (SSSR count). The van der Waals surface area contributed by atoms with Crippen molar-refractivity contribution < 1.29 is 19.1 Å². The van der Waals surface area contributed by atoms with Crippen LogP contribution >= 0.6 is 0 Å². The van der Waals surface area contributed by atoms with E-state index in [0.717, 1.165) is 38.5 Å². The third kappa shape index (κ3) is 17.8. The zero-order chi connectivity index (χ0) is 18.8. The van der Waals surface area contributed by atoms with E-state index in [4.69, 9.17) is 4.74 Å². The quantitative estimate of drug-likeness (QED) is 0.383. The van der Waals surface area contributed by atoms with Gasteiger partial charge in [0, 0.05) is 19.8 Å². The predicted octanol–water partition coefficient (Wildman–Crippen LogP) is 3.63. The molecule has 0 saturated heterocycles. The monoisotopic (exact) mass is 344 g/mol. The molecule has 0 aliphatic carbocycles. The van der Waals surface area contributed by atoms with E-state index < -0.39 is 0 Å². The molecule has 0 aromatic rings. The molecular formula is C21H28O4. The Bertz CT molecular complexity index is 572. The predicted molar refractivity (Wildman–Crippen MR) is 98.1 cm³/mol. The molecule has 0 radical (unpaired) electrons. The minimum absolute atomic E-state index is 0.128. The molecule has 0 aliphatic rings. The molecule has 1 atom stereocenters. The van der Waals surface area contributed by atoms with E-state index in [-0.39, 0.29) is 18.0 Å². The highest BCUT2D eigenvalue weighted by Gasteiger charge is 1.99. The van der Waals surface area contributed by atoms with Crippen LogP contribution in [0.4, 0.5) is 0 Å². The fourth-order valence-corrected chi connectivity index (χ4v) is 1.95. The molecule has 0 aliphatic heterocycles. The molecule has 25 heavy (non-hydrogen) atoms. The Balaban J connectivity index is 3.56. The summed E-state index contributed by atoms with van der Waals surface area (Å²) in [6.07, 6.45) is 7.33. The molecule has 4 nitrogen and oxygen atoms in total. The van der Waals surface area contributed by atoms with Crippen molar-refractivity contribution >= 4 is 11.9 Å². The topological polar surface area (TPSA) is 52.6 Å². The standard InChI is InChI=1S/C21H28O4/c1-19(25-20(2)22)17-15-13-11-9-7-5-4-6-8-10-12-14-16-18-21(23)24-3/h19H,6-8,10,12-14,16,18H2,1-3H3. The second-order valence-electron chi connectivity index (χ2n) is 5.48. The third-order valence-electron chi connectivity index (χ3n) is 3.16. The van der Waals surface area contributed by atoms with Gasteiger partial charge >= 0.3 is 11.9 Å². The van der Waals surface area contributed by atoms with Crippen LogP contribution in [-0.4, -0.2) is 25.2 Å². The van der Waals surface area contributed by atoms with Crippen LogP contribution in [0.3, 0.4) is 0 Å². The fraction of sp³-hybridized carbons (Fsp3) is 0.619. The first-order chi connectivity index (χ1) is 12.1. The zero-order valence-electron chi connectivity index (χ0n) is 15.6. The van der Waals surface area contributed by atoms with Crippen LogP contribution in [0.2, 0.25) is 0 Å². The summed E-state index contributed by atoms with van der Waals surface area (Å²) in [6, 6.07) is 0. The fourth-order valence-electron chi connectivity index (χ4n) is 1.95. The number of carbonyl (C=O) groups is 2. The lowest BCUT2D eigenvalue weighted by atomic mass is 10.1. The number of unbranched alkanes of at least 4 members (excludes halogenated alkanes) is 5. The number of esters is 2. The van der Waals surface area contributed by atoms with E-state index in [1.54, 1.807) is 6.92 Å². The normalized spacial score (nSPS) is 10.0. The lowest BCUT2D eigenvalue weighted by molar-refractivity contribution is -0.143. The SMILES string of the molecule is COC(=O)CCCCCCCC#CCC#CCC#CC(C)OC(C)=O. The van der Waals surface area contributed by atoms with Crippen LogP contribution in [0.1, 0.15) is 71.6 Å². The summed E-state index contributed by atoms with van der Waals surface area (Å²) in [5, 5.41) is 0. The Kier molecular flexibility index (Phi) is 14.9. The van der Waals surface area contributed by atoms with E-state index in [1.165, 1.54) is 14.0 Å². The lowest BCUT2D eigenvalue weighted by Gasteiger charge is -2.02. The van der Waals surface area contributed by atoms with Gasteiger partial charge in [0.1, 0.15) is 0 Å². The summed E-state index contributed by atoms with van der Waals surface area (Å²) in [6.45, 7) is 3.09. The van der Waals surface area contributed by atoms with E-state index in [9.17, 15) is 9.59 Å². The van der Waals surface area contributed by atoms with Crippen molar-refractivity contribution in [3.05, 3.63) is 0 Å². The molecule has 136 valence electrons. The molecule has 0 spiro atoms. The number of carbonyl (C=O) groups excluding carboxylic acids is 2. The summed E-state index contributed by atoms with van der Waals surface area (Å²) in [4.78, 5) is 21.6. The van der Waals surface area contributed by atoms with Crippen molar-refractivity contribution in [2.75, 3.05) is 7.11 Å². The number of hydrogen-bond donors (Lipinski definition) is 0. The van der Waals surface area contributed by atoms with E-state index >= 15 is 0 Å². The van der Waals surface area contributed by atoms with Crippen molar-refractivity contribution in [3.8, 4) is 35.5 Å². The van der Waals surface area contributed by atoms with Crippen LogP contribution in [0, 0.1) is 35.5 Å². The molecule has 0 aromatic heterocycles. The van der Waals surface area contributed by atoms with Gasteiger partial charge in [0.05, 0.1) is 20.0 Å². The second-order valence-corrected chi connectivity index (χ2v) is 5.48. The van der Waals surface area contributed by atoms with Gasteiger partial charge in [0.15, 0.2) is 6.10 Å². The van der Waals surface area contributed by atoms with Crippen molar-refractivity contribution in [2.45, 2.75) is 77.7 Å². The van der Waals surface area contributed by atoms with Crippen molar-refractivity contribution in [3.63, 3.8) is 0 Å². The van der Waals surface area contributed by atoms with Gasteiger partial charge in [-0.05, 0) is 19.8 Å². The van der Waals surface area contributed by atoms with Crippen LogP contribution in [0.25, 0.3) is 0 Å². The van der Waals surface area contributed by atoms with Crippen molar-refractivity contribution in [1.82, 2.24) is 0 Å². The first-order valence-corrected chi connectivity index (χ1v) is 8.70. The largest absolute Gasteiger partial charge is 0.469 e.